The Hall–Kier alpha value is -2.53. The van der Waals surface area contributed by atoms with Gasteiger partial charge in [0, 0.05) is 19.2 Å². The van der Waals surface area contributed by atoms with E-state index in [1.54, 1.807) is 32.4 Å². The SMILES string of the molecule is COCc1ccccc1CNC(=O)c1ccc(OC(C)C)c(OC)c1. The summed E-state index contributed by atoms with van der Waals surface area (Å²) in [6.45, 7) is 4.83. The molecule has 1 amide bonds. The van der Waals surface area contributed by atoms with Gasteiger partial charge in [-0.3, -0.25) is 4.79 Å². The van der Waals surface area contributed by atoms with Crippen LogP contribution < -0.4 is 14.8 Å². The summed E-state index contributed by atoms with van der Waals surface area (Å²) in [4.78, 5) is 12.5. The smallest absolute Gasteiger partial charge is 0.251 e. The third-order valence-electron chi connectivity index (χ3n) is 3.65. The average Bonchev–Trinajstić information content (AvgIpc) is 2.61. The monoisotopic (exact) mass is 343 g/mol. The number of hydrogen-bond donors (Lipinski definition) is 1. The molecule has 25 heavy (non-hydrogen) atoms. The molecule has 0 spiro atoms. The summed E-state index contributed by atoms with van der Waals surface area (Å²) in [6, 6.07) is 13.1. The Morgan fingerprint density at radius 1 is 1.04 bits per heavy atom. The van der Waals surface area contributed by atoms with Crippen molar-refractivity contribution in [1.29, 1.82) is 0 Å². The van der Waals surface area contributed by atoms with Gasteiger partial charge in [-0.1, -0.05) is 24.3 Å². The van der Waals surface area contributed by atoms with Gasteiger partial charge < -0.3 is 19.5 Å². The van der Waals surface area contributed by atoms with Crippen molar-refractivity contribution in [2.75, 3.05) is 14.2 Å². The summed E-state index contributed by atoms with van der Waals surface area (Å²) in [5, 5.41) is 2.93. The lowest BCUT2D eigenvalue weighted by atomic mass is 10.1. The van der Waals surface area contributed by atoms with Crippen LogP contribution >= 0.6 is 0 Å². The van der Waals surface area contributed by atoms with Gasteiger partial charge in [0.15, 0.2) is 11.5 Å². The Kier molecular flexibility index (Phi) is 6.83. The zero-order valence-corrected chi connectivity index (χ0v) is 15.2. The third kappa shape index (κ3) is 5.22. The first kappa shape index (κ1) is 18.8. The van der Waals surface area contributed by atoms with Gasteiger partial charge in [-0.2, -0.15) is 0 Å². The predicted molar refractivity (Wildman–Crippen MR) is 97.1 cm³/mol. The second kappa shape index (κ2) is 9.08. The van der Waals surface area contributed by atoms with Crippen LogP contribution in [-0.2, 0) is 17.9 Å². The van der Waals surface area contributed by atoms with Crippen molar-refractivity contribution in [3.63, 3.8) is 0 Å². The molecule has 2 aromatic carbocycles. The van der Waals surface area contributed by atoms with Crippen LogP contribution in [0.4, 0.5) is 0 Å². The minimum absolute atomic E-state index is 0.0332. The summed E-state index contributed by atoms with van der Waals surface area (Å²) in [6.07, 6.45) is 0.0332. The Labute approximate surface area is 148 Å². The second-order valence-corrected chi connectivity index (χ2v) is 5.92. The average molecular weight is 343 g/mol. The molecule has 0 aliphatic carbocycles. The number of benzene rings is 2. The number of ether oxygens (including phenoxy) is 3. The fourth-order valence-electron chi connectivity index (χ4n) is 2.46. The van der Waals surface area contributed by atoms with E-state index >= 15 is 0 Å². The Bertz CT molecular complexity index is 713. The summed E-state index contributed by atoms with van der Waals surface area (Å²) in [5.74, 6) is 1.00. The fraction of sp³-hybridized carbons (Fsp3) is 0.350. The molecule has 0 radical (unpaired) electrons. The van der Waals surface area contributed by atoms with Crippen LogP contribution in [0, 0.1) is 0 Å². The number of nitrogens with one attached hydrogen (secondary N) is 1. The van der Waals surface area contributed by atoms with E-state index in [0.717, 1.165) is 11.1 Å². The second-order valence-electron chi connectivity index (χ2n) is 5.92. The van der Waals surface area contributed by atoms with Crippen LogP contribution in [-0.4, -0.2) is 26.2 Å². The quantitative estimate of drug-likeness (QED) is 0.796. The highest BCUT2D eigenvalue weighted by Gasteiger charge is 2.12. The minimum atomic E-state index is -0.165. The molecule has 2 aromatic rings. The van der Waals surface area contributed by atoms with Gasteiger partial charge in [0.2, 0.25) is 0 Å². The summed E-state index contributed by atoms with van der Waals surface area (Å²) in [7, 11) is 3.22. The maximum atomic E-state index is 12.5. The highest BCUT2D eigenvalue weighted by atomic mass is 16.5. The predicted octanol–water partition coefficient (Wildman–Crippen LogP) is 3.56. The lowest BCUT2D eigenvalue weighted by Gasteiger charge is -2.15. The molecule has 0 saturated carbocycles. The van der Waals surface area contributed by atoms with Gasteiger partial charge in [0.1, 0.15) is 0 Å². The van der Waals surface area contributed by atoms with Crippen LogP contribution in [0.25, 0.3) is 0 Å². The zero-order valence-electron chi connectivity index (χ0n) is 15.2. The van der Waals surface area contributed by atoms with Crippen molar-refractivity contribution in [2.24, 2.45) is 0 Å². The van der Waals surface area contributed by atoms with E-state index in [0.29, 0.717) is 30.2 Å². The van der Waals surface area contributed by atoms with Gasteiger partial charge >= 0.3 is 0 Å². The maximum absolute atomic E-state index is 12.5. The number of carbonyl (C=O) groups is 1. The van der Waals surface area contributed by atoms with Gasteiger partial charge in [-0.25, -0.2) is 0 Å². The van der Waals surface area contributed by atoms with E-state index in [2.05, 4.69) is 5.32 Å². The molecule has 0 unspecified atom stereocenters. The molecule has 5 nitrogen and oxygen atoms in total. The normalized spacial score (nSPS) is 10.6. The van der Waals surface area contributed by atoms with Crippen LogP contribution in [0.15, 0.2) is 42.5 Å². The molecule has 0 heterocycles. The molecule has 5 heteroatoms. The number of carbonyl (C=O) groups excluding carboxylic acids is 1. The highest BCUT2D eigenvalue weighted by Crippen LogP contribution is 2.29. The van der Waals surface area contributed by atoms with Crippen molar-refractivity contribution in [2.45, 2.75) is 33.1 Å². The maximum Gasteiger partial charge on any atom is 0.251 e. The van der Waals surface area contributed by atoms with E-state index < -0.39 is 0 Å². The Morgan fingerprint density at radius 3 is 2.40 bits per heavy atom. The number of methoxy groups -OCH3 is 2. The van der Waals surface area contributed by atoms with E-state index in [9.17, 15) is 4.79 Å². The molecule has 0 bridgehead atoms. The van der Waals surface area contributed by atoms with E-state index in [1.165, 1.54) is 0 Å². The fourth-order valence-corrected chi connectivity index (χ4v) is 2.46. The molecular formula is C20H25NO4. The van der Waals surface area contributed by atoms with Crippen LogP contribution in [0.1, 0.15) is 35.3 Å². The van der Waals surface area contributed by atoms with Crippen molar-refractivity contribution < 1.29 is 19.0 Å². The van der Waals surface area contributed by atoms with E-state index in [1.807, 2.05) is 38.1 Å². The topological polar surface area (TPSA) is 56.8 Å². The van der Waals surface area contributed by atoms with Gasteiger partial charge in [0.25, 0.3) is 5.91 Å². The lowest BCUT2D eigenvalue weighted by molar-refractivity contribution is 0.0950. The molecule has 0 atom stereocenters. The van der Waals surface area contributed by atoms with Crippen molar-refractivity contribution in [3.8, 4) is 11.5 Å². The minimum Gasteiger partial charge on any atom is -0.493 e. The molecule has 0 aliphatic rings. The number of amides is 1. The molecule has 0 saturated heterocycles. The number of hydrogen-bond acceptors (Lipinski definition) is 4. The molecular weight excluding hydrogens is 318 g/mol. The molecule has 0 aromatic heterocycles. The largest absolute Gasteiger partial charge is 0.493 e. The van der Waals surface area contributed by atoms with E-state index in [-0.39, 0.29) is 12.0 Å². The standard InChI is InChI=1S/C20H25NO4/c1-14(2)25-18-10-9-15(11-19(18)24-4)20(22)21-12-16-7-5-6-8-17(16)13-23-3/h5-11,14H,12-13H2,1-4H3,(H,21,22). The van der Waals surface area contributed by atoms with Crippen LogP contribution in [0.5, 0.6) is 11.5 Å². The molecule has 1 N–H and O–H groups in total. The first-order valence-electron chi connectivity index (χ1n) is 8.23. The van der Waals surface area contributed by atoms with Crippen LogP contribution in [0.2, 0.25) is 0 Å². The molecule has 0 aliphatic heterocycles. The summed E-state index contributed by atoms with van der Waals surface area (Å²) < 4.78 is 16.2. The molecule has 134 valence electrons. The van der Waals surface area contributed by atoms with Crippen molar-refractivity contribution >= 4 is 5.91 Å². The van der Waals surface area contributed by atoms with Crippen molar-refractivity contribution in [3.05, 3.63) is 59.2 Å². The van der Waals surface area contributed by atoms with E-state index in [4.69, 9.17) is 14.2 Å². The van der Waals surface area contributed by atoms with Crippen LogP contribution in [0.3, 0.4) is 0 Å². The first-order chi connectivity index (χ1) is 12.0. The van der Waals surface area contributed by atoms with Crippen molar-refractivity contribution in [1.82, 2.24) is 5.32 Å². The van der Waals surface area contributed by atoms with Gasteiger partial charge in [0.05, 0.1) is 19.8 Å². The Balaban J connectivity index is 2.08. The Morgan fingerprint density at radius 2 is 1.76 bits per heavy atom. The third-order valence-corrected chi connectivity index (χ3v) is 3.65. The first-order valence-corrected chi connectivity index (χ1v) is 8.23. The summed E-state index contributed by atoms with van der Waals surface area (Å²) in [5.41, 5.74) is 2.62. The van der Waals surface area contributed by atoms with Gasteiger partial charge in [-0.15, -0.1) is 0 Å². The summed E-state index contributed by atoms with van der Waals surface area (Å²) >= 11 is 0. The highest BCUT2D eigenvalue weighted by molar-refractivity contribution is 5.94. The number of rotatable bonds is 8. The van der Waals surface area contributed by atoms with Gasteiger partial charge in [-0.05, 0) is 43.2 Å². The zero-order chi connectivity index (χ0) is 18.2. The lowest BCUT2D eigenvalue weighted by Crippen LogP contribution is -2.23. The molecule has 0 fully saturated rings. The molecule has 2 rings (SSSR count).